The van der Waals surface area contributed by atoms with E-state index in [0.29, 0.717) is 17.2 Å². The number of esters is 1. The normalized spacial score (nSPS) is 19.7. The first-order valence-corrected chi connectivity index (χ1v) is 6.72. The van der Waals surface area contributed by atoms with Crippen molar-refractivity contribution in [3.63, 3.8) is 0 Å². The molecule has 0 aliphatic carbocycles. The largest absolute Gasteiger partial charge is 0.465 e. The molecule has 1 aliphatic heterocycles. The molecule has 0 saturated carbocycles. The summed E-state index contributed by atoms with van der Waals surface area (Å²) in [7, 11) is 1.34. The minimum Gasteiger partial charge on any atom is -0.465 e. The van der Waals surface area contributed by atoms with E-state index >= 15 is 0 Å². The van der Waals surface area contributed by atoms with Gasteiger partial charge in [0, 0.05) is 11.5 Å². The maximum absolute atomic E-state index is 11.4. The molecule has 100 valence electrons. The summed E-state index contributed by atoms with van der Waals surface area (Å²) in [5.41, 5.74) is 6.19. The second-order valence-electron chi connectivity index (χ2n) is 4.10. The number of carbonyl (C=O) groups is 1. The summed E-state index contributed by atoms with van der Waals surface area (Å²) >= 11 is 1.30. The van der Waals surface area contributed by atoms with E-state index in [2.05, 4.69) is 4.74 Å². The number of hydrogen-bond acceptors (Lipinski definition) is 6. The first-order valence-electron chi connectivity index (χ1n) is 5.90. The highest BCUT2D eigenvalue weighted by Gasteiger charge is 2.17. The van der Waals surface area contributed by atoms with Crippen LogP contribution in [0.3, 0.4) is 0 Å². The Labute approximate surface area is 110 Å². The number of nitrogen functional groups attached to an aromatic ring is 1. The fraction of sp³-hybridized carbons (Fsp3) is 0.583. The van der Waals surface area contributed by atoms with Gasteiger partial charge in [-0.3, -0.25) is 0 Å². The number of carbonyl (C=O) groups excluding carboxylic acids is 1. The van der Waals surface area contributed by atoms with Gasteiger partial charge in [0.2, 0.25) is 0 Å². The van der Waals surface area contributed by atoms with Gasteiger partial charge in [-0.25, -0.2) is 4.79 Å². The van der Waals surface area contributed by atoms with Crippen LogP contribution in [0.5, 0.6) is 0 Å². The molecule has 2 N–H and O–H groups in total. The van der Waals surface area contributed by atoms with Gasteiger partial charge in [-0.05, 0) is 25.3 Å². The van der Waals surface area contributed by atoms with Crippen LogP contribution in [0, 0.1) is 0 Å². The number of methoxy groups -OCH3 is 1. The predicted molar refractivity (Wildman–Crippen MR) is 68.5 cm³/mol. The Morgan fingerprint density at radius 3 is 3.11 bits per heavy atom. The fourth-order valence-electron chi connectivity index (χ4n) is 1.80. The lowest BCUT2D eigenvalue weighted by Gasteiger charge is -2.22. The summed E-state index contributed by atoms with van der Waals surface area (Å²) in [6, 6.07) is 1.75. The Morgan fingerprint density at radius 1 is 1.61 bits per heavy atom. The molecular formula is C12H17NO4S. The fourth-order valence-corrected chi connectivity index (χ4v) is 2.72. The van der Waals surface area contributed by atoms with E-state index in [-0.39, 0.29) is 6.29 Å². The van der Waals surface area contributed by atoms with Crippen molar-refractivity contribution in [2.75, 3.05) is 19.5 Å². The summed E-state index contributed by atoms with van der Waals surface area (Å²) in [5, 5.41) is 0. The molecule has 5 nitrogen and oxygen atoms in total. The van der Waals surface area contributed by atoms with Crippen molar-refractivity contribution in [3.8, 4) is 0 Å². The molecule has 18 heavy (non-hydrogen) atoms. The van der Waals surface area contributed by atoms with E-state index in [1.165, 1.54) is 18.4 Å². The summed E-state index contributed by atoms with van der Waals surface area (Å²) in [6.07, 6.45) is 3.01. The Hall–Kier alpha value is -1.11. The van der Waals surface area contributed by atoms with Crippen LogP contribution in [0.1, 0.15) is 33.8 Å². The zero-order valence-electron chi connectivity index (χ0n) is 10.3. The van der Waals surface area contributed by atoms with Crippen molar-refractivity contribution in [3.05, 3.63) is 15.8 Å². The van der Waals surface area contributed by atoms with Crippen LogP contribution in [-0.4, -0.2) is 26.0 Å². The number of rotatable bonds is 4. The molecule has 1 aromatic heterocycles. The van der Waals surface area contributed by atoms with Gasteiger partial charge in [-0.15, -0.1) is 11.3 Å². The molecule has 0 radical (unpaired) electrons. The molecule has 0 bridgehead atoms. The van der Waals surface area contributed by atoms with Crippen LogP contribution in [0.4, 0.5) is 5.69 Å². The van der Waals surface area contributed by atoms with E-state index in [1.54, 1.807) is 6.07 Å². The van der Waals surface area contributed by atoms with Crippen molar-refractivity contribution in [2.45, 2.75) is 32.2 Å². The topological polar surface area (TPSA) is 70.8 Å². The highest BCUT2D eigenvalue weighted by Crippen LogP contribution is 2.27. The van der Waals surface area contributed by atoms with Gasteiger partial charge in [0.1, 0.15) is 4.88 Å². The van der Waals surface area contributed by atoms with Crippen LogP contribution in [0.15, 0.2) is 6.07 Å². The smallest absolute Gasteiger partial charge is 0.350 e. The standard InChI is InChI=1S/C12H17NO4S/c1-15-12(14)11-9(13)6-8(18-11)7-17-10-4-2-3-5-16-10/h6,10H,2-5,7,13H2,1H3. The van der Waals surface area contributed by atoms with Gasteiger partial charge in [-0.2, -0.15) is 0 Å². The molecule has 1 atom stereocenters. The van der Waals surface area contributed by atoms with Crippen molar-refractivity contribution < 1.29 is 19.0 Å². The van der Waals surface area contributed by atoms with Crippen molar-refractivity contribution in [1.82, 2.24) is 0 Å². The summed E-state index contributed by atoms with van der Waals surface area (Å²) in [6.45, 7) is 1.17. The van der Waals surface area contributed by atoms with E-state index in [9.17, 15) is 4.79 Å². The molecule has 1 aliphatic rings. The van der Waals surface area contributed by atoms with Gasteiger partial charge in [0.05, 0.1) is 19.4 Å². The second kappa shape index (κ2) is 6.17. The first kappa shape index (κ1) is 13.3. The van der Waals surface area contributed by atoms with Crippen molar-refractivity contribution in [1.29, 1.82) is 0 Å². The second-order valence-corrected chi connectivity index (χ2v) is 5.23. The Bertz CT molecular complexity index is 412. The number of nitrogens with two attached hydrogens (primary N) is 1. The van der Waals surface area contributed by atoms with Crippen molar-refractivity contribution >= 4 is 23.0 Å². The van der Waals surface area contributed by atoms with Gasteiger partial charge < -0.3 is 19.9 Å². The van der Waals surface area contributed by atoms with Gasteiger partial charge in [0.15, 0.2) is 6.29 Å². The zero-order chi connectivity index (χ0) is 13.0. The van der Waals surface area contributed by atoms with E-state index in [0.717, 1.165) is 30.7 Å². The minimum atomic E-state index is -0.405. The molecule has 1 fully saturated rings. The molecule has 1 saturated heterocycles. The van der Waals surface area contributed by atoms with E-state index in [4.69, 9.17) is 15.2 Å². The van der Waals surface area contributed by atoms with Crippen molar-refractivity contribution in [2.24, 2.45) is 0 Å². The van der Waals surface area contributed by atoms with Crippen LogP contribution in [0.2, 0.25) is 0 Å². The molecule has 6 heteroatoms. The maximum Gasteiger partial charge on any atom is 0.350 e. The third-order valence-corrected chi connectivity index (χ3v) is 3.84. The number of hydrogen-bond donors (Lipinski definition) is 1. The van der Waals surface area contributed by atoms with Gasteiger partial charge in [0.25, 0.3) is 0 Å². The minimum absolute atomic E-state index is 0.136. The monoisotopic (exact) mass is 271 g/mol. The van der Waals surface area contributed by atoms with Crippen LogP contribution in [-0.2, 0) is 20.8 Å². The predicted octanol–water partition coefficient (Wildman–Crippen LogP) is 2.16. The molecule has 0 spiro atoms. The van der Waals surface area contributed by atoms with Gasteiger partial charge in [-0.1, -0.05) is 0 Å². The number of anilines is 1. The Balaban J connectivity index is 1.91. The lowest BCUT2D eigenvalue weighted by molar-refractivity contribution is -0.168. The lowest BCUT2D eigenvalue weighted by Crippen LogP contribution is -2.21. The lowest BCUT2D eigenvalue weighted by atomic mass is 10.2. The van der Waals surface area contributed by atoms with Crippen LogP contribution >= 0.6 is 11.3 Å². The Kier molecular flexibility index (Phi) is 4.57. The average molecular weight is 271 g/mol. The third kappa shape index (κ3) is 3.22. The molecule has 1 unspecified atom stereocenters. The van der Waals surface area contributed by atoms with Gasteiger partial charge >= 0.3 is 5.97 Å². The highest BCUT2D eigenvalue weighted by atomic mass is 32.1. The summed E-state index contributed by atoms with van der Waals surface area (Å²) < 4.78 is 15.7. The third-order valence-electron chi connectivity index (χ3n) is 2.73. The van der Waals surface area contributed by atoms with E-state index in [1.807, 2.05) is 0 Å². The molecule has 0 amide bonds. The SMILES string of the molecule is COC(=O)c1sc(COC2CCCCO2)cc1N. The Morgan fingerprint density at radius 2 is 2.44 bits per heavy atom. The number of ether oxygens (including phenoxy) is 3. The maximum atomic E-state index is 11.4. The average Bonchev–Trinajstić information content (AvgIpc) is 2.78. The first-order chi connectivity index (χ1) is 8.70. The van der Waals surface area contributed by atoms with Crippen LogP contribution < -0.4 is 5.73 Å². The molecular weight excluding hydrogens is 254 g/mol. The number of thiophene rings is 1. The summed E-state index contributed by atoms with van der Waals surface area (Å²) in [4.78, 5) is 12.7. The molecule has 0 aromatic carbocycles. The molecule has 2 rings (SSSR count). The highest BCUT2D eigenvalue weighted by molar-refractivity contribution is 7.14. The molecule has 1 aromatic rings. The molecule has 2 heterocycles. The summed E-state index contributed by atoms with van der Waals surface area (Å²) in [5.74, 6) is -0.405. The zero-order valence-corrected chi connectivity index (χ0v) is 11.1. The van der Waals surface area contributed by atoms with E-state index < -0.39 is 5.97 Å². The quantitative estimate of drug-likeness (QED) is 0.850. The van der Waals surface area contributed by atoms with Crippen LogP contribution in [0.25, 0.3) is 0 Å².